The molecule has 0 bridgehead atoms. The van der Waals surface area contributed by atoms with Gasteiger partial charge in [0, 0.05) is 17.0 Å². The number of hydrogen-bond acceptors (Lipinski definition) is 4. The minimum Gasteiger partial charge on any atom is -0.258 e. The summed E-state index contributed by atoms with van der Waals surface area (Å²) in [4.78, 5) is 14.7. The zero-order valence-electron chi connectivity index (χ0n) is 8.31. The van der Waals surface area contributed by atoms with Crippen molar-refractivity contribution >= 4 is 33.0 Å². The van der Waals surface area contributed by atoms with Gasteiger partial charge in [0.15, 0.2) is 0 Å². The van der Waals surface area contributed by atoms with Gasteiger partial charge >= 0.3 is 0 Å². The molecule has 1 aromatic heterocycles. The second kappa shape index (κ2) is 4.31. The molecule has 0 saturated heterocycles. The van der Waals surface area contributed by atoms with Gasteiger partial charge in [-0.2, -0.15) is 0 Å². The maximum absolute atomic E-state index is 10.8. The molecule has 0 amide bonds. The monoisotopic (exact) mass is 298 g/mol. The van der Waals surface area contributed by atoms with Crippen molar-refractivity contribution in [2.45, 2.75) is 6.92 Å². The lowest BCUT2D eigenvalue weighted by atomic mass is 10.1. The smallest absolute Gasteiger partial charge is 0.258 e. The van der Waals surface area contributed by atoms with Gasteiger partial charge in [-0.3, -0.25) is 10.1 Å². The first kappa shape index (κ1) is 11.2. The Kier molecular flexibility index (Phi) is 3.02. The zero-order chi connectivity index (χ0) is 11.7. The highest BCUT2D eigenvalue weighted by atomic mass is 79.9. The molecule has 0 radical (unpaired) electrons. The van der Waals surface area contributed by atoms with Crippen molar-refractivity contribution in [3.05, 3.63) is 43.2 Å². The van der Waals surface area contributed by atoms with Crippen LogP contribution >= 0.6 is 27.3 Å². The van der Waals surface area contributed by atoms with Crippen molar-refractivity contribution in [1.82, 2.24) is 4.98 Å². The van der Waals surface area contributed by atoms with Crippen molar-refractivity contribution in [3.63, 3.8) is 0 Å². The number of nitro groups is 1. The molecule has 1 heterocycles. The van der Waals surface area contributed by atoms with Gasteiger partial charge in [0.2, 0.25) is 0 Å². The highest BCUT2D eigenvalue weighted by molar-refractivity contribution is 9.10. The summed E-state index contributed by atoms with van der Waals surface area (Å²) in [6.45, 7) is 1.90. The van der Waals surface area contributed by atoms with Crippen LogP contribution in [0.4, 0.5) is 5.69 Å². The van der Waals surface area contributed by atoms with Crippen molar-refractivity contribution in [2.75, 3.05) is 0 Å². The third-order valence-electron chi connectivity index (χ3n) is 2.06. The summed E-state index contributed by atoms with van der Waals surface area (Å²) in [7, 11) is 0. The molecule has 0 spiro atoms. The molecular formula is C10H7BrN2O2S. The lowest BCUT2D eigenvalue weighted by Gasteiger charge is -1.99. The number of aromatic nitrogens is 1. The Morgan fingerprint density at radius 1 is 1.50 bits per heavy atom. The molecule has 16 heavy (non-hydrogen) atoms. The predicted molar refractivity (Wildman–Crippen MR) is 66.6 cm³/mol. The SMILES string of the molecule is Cc1nc(-c2ccc(Br)c([N+](=O)[O-])c2)cs1. The fourth-order valence-corrected chi connectivity index (χ4v) is 2.32. The molecule has 0 aliphatic carbocycles. The maximum Gasteiger partial charge on any atom is 0.284 e. The van der Waals surface area contributed by atoms with E-state index >= 15 is 0 Å². The van der Waals surface area contributed by atoms with Crippen molar-refractivity contribution < 1.29 is 4.92 Å². The average molecular weight is 299 g/mol. The lowest BCUT2D eigenvalue weighted by molar-refractivity contribution is -0.385. The van der Waals surface area contributed by atoms with Gasteiger partial charge in [-0.15, -0.1) is 11.3 Å². The molecule has 0 unspecified atom stereocenters. The van der Waals surface area contributed by atoms with Crippen molar-refractivity contribution in [1.29, 1.82) is 0 Å². The third kappa shape index (κ3) is 2.12. The second-order valence-electron chi connectivity index (χ2n) is 3.18. The van der Waals surface area contributed by atoms with Crippen LogP contribution in [0.2, 0.25) is 0 Å². The van der Waals surface area contributed by atoms with Crippen LogP contribution in [0.5, 0.6) is 0 Å². The first-order chi connectivity index (χ1) is 7.58. The molecule has 0 atom stereocenters. The Balaban J connectivity index is 2.51. The largest absolute Gasteiger partial charge is 0.284 e. The normalized spacial score (nSPS) is 10.4. The molecule has 0 fully saturated rings. The van der Waals surface area contributed by atoms with Gasteiger partial charge in [0.25, 0.3) is 5.69 Å². The Hall–Kier alpha value is -1.27. The third-order valence-corrected chi connectivity index (χ3v) is 3.50. The lowest BCUT2D eigenvalue weighted by Crippen LogP contribution is -1.90. The second-order valence-corrected chi connectivity index (χ2v) is 5.09. The van der Waals surface area contributed by atoms with Crippen LogP contribution < -0.4 is 0 Å². The van der Waals surface area contributed by atoms with Crippen LogP contribution in [0.25, 0.3) is 11.3 Å². The van der Waals surface area contributed by atoms with E-state index in [1.807, 2.05) is 18.4 Å². The van der Waals surface area contributed by atoms with E-state index in [1.165, 1.54) is 17.4 Å². The van der Waals surface area contributed by atoms with Crippen LogP contribution in [0.15, 0.2) is 28.1 Å². The standard InChI is InChI=1S/C10H7BrN2O2S/c1-6-12-9(5-16-6)7-2-3-8(11)10(4-7)13(14)15/h2-5H,1H3. The van der Waals surface area contributed by atoms with E-state index in [0.29, 0.717) is 4.47 Å². The molecule has 0 aliphatic rings. The van der Waals surface area contributed by atoms with Crippen LogP contribution in [-0.2, 0) is 0 Å². The van der Waals surface area contributed by atoms with Gasteiger partial charge in [-0.25, -0.2) is 4.98 Å². The molecule has 0 aliphatic heterocycles. The fourth-order valence-electron chi connectivity index (χ4n) is 1.31. The van der Waals surface area contributed by atoms with Crippen molar-refractivity contribution in [2.24, 2.45) is 0 Å². The van der Waals surface area contributed by atoms with Crippen molar-refractivity contribution in [3.8, 4) is 11.3 Å². The number of rotatable bonds is 2. The van der Waals surface area contributed by atoms with Crippen LogP contribution in [0, 0.1) is 17.0 Å². The van der Waals surface area contributed by atoms with Gasteiger partial charge in [-0.05, 0) is 28.9 Å². The minimum absolute atomic E-state index is 0.0585. The summed E-state index contributed by atoms with van der Waals surface area (Å²) in [5.74, 6) is 0. The molecule has 2 rings (SSSR count). The first-order valence-corrected chi connectivity index (χ1v) is 6.11. The summed E-state index contributed by atoms with van der Waals surface area (Å²) < 4.78 is 0.480. The van der Waals surface area contributed by atoms with E-state index in [4.69, 9.17) is 0 Å². The van der Waals surface area contributed by atoms with E-state index in [1.54, 1.807) is 6.07 Å². The number of benzene rings is 1. The van der Waals surface area contributed by atoms with Gasteiger partial charge in [0.1, 0.15) is 0 Å². The van der Waals surface area contributed by atoms with Gasteiger partial charge in [0.05, 0.1) is 20.1 Å². The van der Waals surface area contributed by atoms with Crippen LogP contribution in [-0.4, -0.2) is 9.91 Å². The molecule has 0 saturated carbocycles. The number of halogens is 1. The van der Waals surface area contributed by atoms with E-state index in [9.17, 15) is 10.1 Å². The molecule has 82 valence electrons. The van der Waals surface area contributed by atoms with E-state index < -0.39 is 4.92 Å². The summed E-state index contributed by atoms with van der Waals surface area (Å²) in [5.41, 5.74) is 1.60. The molecule has 2 aromatic rings. The first-order valence-electron chi connectivity index (χ1n) is 4.44. The summed E-state index contributed by atoms with van der Waals surface area (Å²) in [6, 6.07) is 5.01. The van der Waals surface area contributed by atoms with Crippen LogP contribution in [0.1, 0.15) is 5.01 Å². The number of thiazole rings is 1. The summed E-state index contributed by atoms with van der Waals surface area (Å²) in [6.07, 6.45) is 0. The number of hydrogen-bond donors (Lipinski definition) is 0. The Labute approximate surface area is 104 Å². The predicted octanol–water partition coefficient (Wildman–Crippen LogP) is 3.79. The van der Waals surface area contributed by atoms with E-state index in [-0.39, 0.29) is 5.69 Å². The fraction of sp³-hybridized carbons (Fsp3) is 0.100. The Bertz CT molecular complexity index is 554. The quantitative estimate of drug-likeness (QED) is 0.626. The summed E-state index contributed by atoms with van der Waals surface area (Å²) in [5, 5.41) is 13.6. The molecule has 6 heteroatoms. The Morgan fingerprint density at radius 2 is 2.25 bits per heavy atom. The van der Waals surface area contributed by atoms with Crippen LogP contribution in [0.3, 0.4) is 0 Å². The van der Waals surface area contributed by atoms with E-state index in [0.717, 1.165) is 16.3 Å². The molecule has 4 nitrogen and oxygen atoms in total. The maximum atomic E-state index is 10.8. The number of nitrogens with zero attached hydrogens (tertiary/aromatic N) is 2. The van der Waals surface area contributed by atoms with Gasteiger partial charge < -0.3 is 0 Å². The number of aryl methyl sites for hydroxylation is 1. The molecule has 0 N–H and O–H groups in total. The Morgan fingerprint density at radius 3 is 2.81 bits per heavy atom. The molecular weight excluding hydrogens is 292 g/mol. The van der Waals surface area contributed by atoms with E-state index in [2.05, 4.69) is 20.9 Å². The molecule has 1 aromatic carbocycles. The number of nitro benzene ring substituents is 1. The highest BCUT2D eigenvalue weighted by Gasteiger charge is 2.13. The zero-order valence-corrected chi connectivity index (χ0v) is 10.7. The highest BCUT2D eigenvalue weighted by Crippen LogP contribution is 2.30. The average Bonchev–Trinajstić information content (AvgIpc) is 2.65. The van der Waals surface area contributed by atoms with Gasteiger partial charge in [-0.1, -0.05) is 6.07 Å². The topological polar surface area (TPSA) is 56.0 Å². The minimum atomic E-state index is -0.410. The summed E-state index contributed by atoms with van der Waals surface area (Å²) >= 11 is 4.67.